The van der Waals surface area contributed by atoms with Crippen molar-refractivity contribution in [2.75, 3.05) is 43.5 Å². The second-order valence-corrected chi connectivity index (χ2v) is 9.46. The van der Waals surface area contributed by atoms with Crippen molar-refractivity contribution in [3.63, 3.8) is 0 Å². The second kappa shape index (κ2) is 8.96. The zero-order valence-electron chi connectivity index (χ0n) is 16.6. The number of nitrogens with one attached hydrogen (secondary N) is 1. The molecule has 162 valence electrons. The first-order valence-electron chi connectivity index (χ1n) is 9.41. The van der Waals surface area contributed by atoms with Crippen LogP contribution >= 0.6 is 11.3 Å². The molecule has 31 heavy (non-hydrogen) atoms. The smallest absolute Gasteiger partial charge is 0.349 e. The van der Waals surface area contributed by atoms with E-state index in [0.29, 0.717) is 24.7 Å². The number of sulfonamides is 1. The molecule has 1 aliphatic heterocycles. The predicted molar refractivity (Wildman–Crippen MR) is 116 cm³/mol. The number of nitrogens with zero attached hydrogens (tertiary/aromatic N) is 5. The Hall–Kier alpha value is -3.09. The fourth-order valence-corrected chi connectivity index (χ4v) is 5.91. The van der Waals surface area contributed by atoms with Crippen LogP contribution in [0.4, 0.5) is 17.3 Å². The van der Waals surface area contributed by atoms with Crippen molar-refractivity contribution in [2.24, 2.45) is 0 Å². The van der Waals surface area contributed by atoms with Gasteiger partial charge in [0.05, 0.1) is 7.11 Å². The zero-order valence-corrected chi connectivity index (χ0v) is 18.3. The molecule has 1 saturated heterocycles. The molecule has 1 aliphatic rings. The number of aromatic nitrogens is 3. The van der Waals surface area contributed by atoms with E-state index < -0.39 is 16.0 Å². The Labute approximate surface area is 183 Å². The van der Waals surface area contributed by atoms with E-state index in [4.69, 9.17) is 4.74 Å². The van der Waals surface area contributed by atoms with E-state index in [-0.39, 0.29) is 22.9 Å². The molecular formula is C19H20N6O4S2. The van der Waals surface area contributed by atoms with Crippen molar-refractivity contribution in [1.29, 1.82) is 0 Å². The number of hydrogen-bond donors (Lipinski definition) is 1. The van der Waals surface area contributed by atoms with Crippen molar-refractivity contribution in [2.45, 2.75) is 4.90 Å². The monoisotopic (exact) mass is 460 g/mol. The van der Waals surface area contributed by atoms with Gasteiger partial charge in [-0.15, -0.1) is 21.5 Å². The Morgan fingerprint density at radius 1 is 1.06 bits per heavy atom. The van der Waals surface area contributed by atoms with E-state index in [0.717, 1.165) is 17.0 Å². The van der Waals surface area contributed by atoms with E-state index in [1.54, 1.807) is 17.8 Å². The lowest BCUT2D eigenvalue weighted by atomic mass is 10.3. The van der Waals surface area contributed by atoms with Crippen molar-refractivity contribution in [3.8, 4) is 0 Å². The number of hydrogen-bond acceptors (Lipinski definition) is 10. The van der Waals surface area contributed by atoms with E-state index in [9.17, 15) is 13.2 Å². The first-order valence-corrected chi connectivity index (χ1v) is 11.7. The van der Waals surface area contributed by atoms with Gasteiger partial charge in [0, 0.05) is 44.3 Å². The molecule has 3 aromatic rings. The Morgan fingerprint density at radius 3 is 2.45 bits per heavy atom. The van der Waals surface area contributed by atoms with Crippen LogP contribution in [-0.2, 0) is 14.8 Å². The Kier molecular flexibility index (Phi) is 6.11. The number of carbonyl (C=O) groups is 1. The number of esters is 1. The van der Waals surface area contributed by atoms with Gasteiger partial charge in [0.2, 0.25) is 10.0 Å². The standard InChI is InChI=1S/C19H20N6O4S2/c1-29-19(26)18-15(6-13-30-18)31(27,28)25-11-9-24(10-12-25)17-3-2-16(22-23-17)21-14-4-7-20-8-5-14/h2-8,13H,9-12H2,1H3,(H,20,21,22). The molecule has 0 bridgehead atoms. The molecule has 0 aliphatic carbocycles. The van der Waals surface area contributed by atoms with Crippen LogP contribution in [-0.4, -0.2) is 67.2 Å². The van der Waals surface area contributed by atoms with Crippen LogP contribution in [0.3, 0.4) is 0 Å². The third-order valence-electron chi connectivity index (χ3n) is 4.78. The summed E-state index contributed by atoms with van der Waals surface area (Å²) in [5, 5.41) is 13.2. The highest BCUT2D eigenvalue weighted by Gasteiger charge is 2.33. The van der Waals surface area contributed by atoms with Crippen LogP contribution in [0.2, 0.25) is 0 Å². The molecule has 0 aromatic carbocycles. The van der Waals surface area contributed by atoms with Crippen molar-refractivity contribution in [3.05, 3.63) is 53.0 Å². The molecule has 0 atom stereocenters. The maximum absolute atomic E-state index is 13.0. The number of piperazine rings is 1. The first-order chi connectivity index (χ1) is 15.0. The minimum atomic E-state index is -3.79. The lowest BCUT2D eigenvalue weighted by molar-refractivity contribution is 0.0602. The maximum Gasteiger partial charge on any atom is 0.349 e. The van der Waals surface area contributed by atoms with Gasteiger partial charge in [-0.1, -0.05) is 0 Å². The molecule has 10 nitrogen and oxygen atoms in total. The molecule has 0 saturated carbocycles. The quantitative estimate of drug-likeness (QED) is 0.551. The summed E-state index contributed by atoms with van der Waals surface area (Å²) in [7, 11) is -2.55. The molecule has 3 aromatic heterocycles. The largest absolute Gasteiger partial charge is 0.465 e. The fourth-order valence-electron chi connectivity index (χ4n) is 3.18. The van der Waals surface area contributed by atoms with E-state index in [2.05, 4.69) is 20.5 Å². The summed E-state index contributed by atoms with van der Waals surface area (Å²) in [6.07, 6.45) is 3.36. The Balaban J connectivity index is 1.40. The molecule has 0 radical (unpaired) electrons. The summed E-state index contributed by atoms with van der Waals surface area (Å²) in [5.74, 6) is 0.620. The summed E-state index contributed by atoms with van der Waals surface area (Å²) in [4.78, 5) is 17.9. The van der Waals surface area contributed by atoms with Gasteiger partial charge < -0.3 is 15.0 Å². The number of ether oxygens (including phenoxy) is 1. The number of carbonyl (C=O) groups excluding carboxylic acids is 1. The average Bonchev–Trinajstić information content (AvgIpc) is 3.31. The molecule has 0 spiro atoms. The highest BCUT2D eigenvalue weighted by Crippen LogP contribution is 2.27. The van der Waals surface area contributed by atoms with E-state index in [1.165, 1.54) is 17.5 Å². The average molecular weight is 461 g/mol. The van der Waals surface area contributed by atoms with Gasteiger partial charge in [-0.2, -0.15) is 4.31 Å². The number of methoxy groups -OCH3 is 1. The number of thiophene rings is 1. The van der Waals surface area contributed by atoms with Gasteiger partial charge in [0.25, 0.3) is 0 Å². The maximum atomic E-state index is 13.0. The van der Waals surface area contributed by atoms with Crippen LogP contribution in [0.25, 0.3) is 0 Å². The number of anilines is 3. The van der Waals surface area contributed by atoms with Gasteiger partial charge in [0.15, 0.2) is 11.6 Å². The normalized spacial score (nSPS) is 14.9. The molecule has 4 rings (SSSR count). The minimum Gasteiger partial charge on any atom is -0.465 e. The van der Waals surface area contributed by atoms with Gasteiger partial charge in [-0.05, 0) is 35.7 Å². The van der Waals surface area contributed by atoms with Crippen LogP contribution in [0.15, 0.2) is 53.0 Å². The third-order valence-corrected chi connectivity index (χ3v) is 7.75. The van der Waals surface area contributed by atoms with Gasteiger partial charge in [-0.25, -0.2) is 13.2 Å². The van der Waals surface area contributed by atoms with Crippen molar-refractivity contribution in [1.82, 2.24) is 19.5 Å². The highest BCUT2D eigenvalue weighted by atomic mass is 32.2. The SMILES string of the molecule is COC(=O)c1sccc1S(=O)(=O)N1CCN(c2ccc(Nc3ccncc3)nn2)CC1. The van der Waals surface area contributed by atoms with Crippen molar-refractivity contribution >= 4 is 44.7 Å². The molecule has 4 heterocycles. The van der Waals surface area contributed by atoms with Crippen LogP contribution in [0.1, 0.15) is 9.67 Å². The topological polar surface area (TPSA) is 118 Å². The van der Waals surface area contributed by atoms with Crippen LogP contribution in [0.5, 0.6) is 0 Å². The third kappa shape index (κ3) is 4.50. The Morgan fingerprint density at radius 2 is 1.81 bits per heavy atom. The second-order valence-electron chi connectivity index (χ2n) is 6.63. The fraction of sp³-hybridized carbons (Fsp3) is 0.263. The molecule has 12 heteroatoms. The summed E-state index contributed by atoms with van der Waals surface area (Å²) < 4.78 is 32.1. The number of pyridine rings is 1. The zero-order chi connectivity index (χ0) is 21.8. The predicted octanol–water partition coefficient (Wildman–Crippen LogP) is 1.97. The minimum absolute atomic E-state index is 0.0101. The summed E-state index contributed by atoms with van der Waals surface area (Å²) in [6.45, 7) is 1.47. The first kappa shape index (κ1) is 21.2. The van der Waals surface area contributed by atoms with E-state index >= 15 is 0 Å². The van der Waals surface area contributed by atoms with E-state index in [1.807, 2.05) is 29.2 Å². The highest BCUT2D eigenvalue weighted by molar-refractivity contribution is 7.89. The van der Waals surface area contributed by atoms with Crippen molar-refractivity contribution < 1.29 is 17.9 Å². The van der Waals surface area contributed by atoms with Gasteiger partial charge in [0.1, 0.15) is 9.77 Å². The molecule has 1 fully saturated rings. The molecule has 1 N–H and O–H groups in total. The van der Waals surface area contributed by atoms with Crippen LogP contribution in [0, 0.1) is 0 Å². The lowest BCUT2D eigenvalue weighted by Crippen LogP contribution is -2.49. The summed E-state index contributed by atoms with van der Waals surface area (Å²) >= 11 is 1.05. The Bertz CT molecular complexity index is 1140. The van der Waals surface area contributed by atoms with Gasteiger partial charge in [-0.3, -0.25) is 4.98 Å². The lowest BCUT2D eigenvalue weighted by Gasteiger charge is -2.34. The molecule has 0 amide bonds. The summed E-state index contributed by atoms with van der Waals surface area (Å²) in [5.41, 5.74) is 0.857. The van der Waals surface area contributed by atoms with Crippen LogP contribution < -0.4 is 10.2 Å². The summed E-state index contributed by atoms with van der Waals surface area (Å²) in [6, 6.07) is 8.76. The van der Waals surface area contributed by atoms with Gasteiger partial charge >= 0.3 is 5.97 Å². The molecular weight excluding hydrogens is 440 g/mol. The molecule has 0 unspecified atom stereocenters. The number of rotatable bonds is 6.